The van der Waals surface area contributed by atoms with Gasteiger partial charge in [-0.1, -0.05) is 0 Å². The largest absolute Gasteiger partial charge is 0.369 e. The molecule has 0 saturated heterocycles. The van der Waals surface area contributed by atoms with E-state index in [-0.39, 0.29) is 24.3 Å². The minimum absolute atomic E-state index is 0. The summed E-state index contributed by atoms with van der Waals surface area (Å²) in [6.07, 6.45) is 0. The van der Waals surface area contributed by atoms with E-state index in [1.807, 2.05) is 5.43 Å². The van der Waals surface area contributed by atoms with Crippen LogP contribution in [0.15, 0.2) is 5.10 Å². The topological polar surface area (TPSA) is 93.5 Å². The molecule has 1 amide bonds. The van der Waals surface area contributed by atoms with Crippen molar-refractivity contribution in [1.29, 1.82) is 0 Å². The molecule has 0 saturated carbocycles. The van der Waals surface area contributed by atoms with Gasteiger partial charge in [0.2, 0.25) is 11.9 Å². The van der Waals surface area contributed by atoms with Crippen LogP contribution < -0.4 is 16.9 Å². The Morgan fingerprint density at radius 2 is 2.00 bits per heavy atom. The number of guanidine groups is 1. The standard InChI is InChI=1S/C3H8N4O.ClH/c1-2(8)6-7-3(4)5;/h1H3,(H,6,8)(H4,4,5,7);1H. The van der Waals surface area contributed by atoms with Crippen molar-refractivity contribution in [3.05, 3.63) is 0 Å². The van der Waals surface area contributed by atoms with Gasteiger partial charge in [0, 0.05) is 6.92 Å². The summed E-state index contributed by atoms with van der Waals surface area (Å²) in [5, 5.41) is 3.20. The van der Waals surface area contributed by atoms with Gasteiger partial charge in [-0.15, -0.1) is 17.5 Å². The Balaban J connectivity index is 0. The van der Waals surface area contributed by atoms with Gasteiger partial charge in [-0.3, -0.25) is 4.79 Å². The van der Waals surface area contributed by atoms with Crippen LogP contribution in [0, 0.1) is 0 Å². The SMILES string of the molecule is CC(=O)NN=C(N)N.Cl. The highest BCUT2D eigenvalue weighted by Gasteiger charge is 1.83. The fourth-order valence-electron chi connectivity index (χ4n) is 0.143. The van der Waals surface area contributed by atoms with Crippen LogP contribution in [0.4, 0.5) is 0 Å². The molecule has 0 atom stereocenters. The van der Waals surface area contributed by atoms with Crippen molar-refractivity contribution in [2.45, 2.75) is 6.92 Å². The number of halogens is 1. The molecule has 0 fully saturated rings. The number of hydrazone groups is 1. The van der Waals surface area contributed by atoms with Crippen molar-refractivity contribution >= 4 is 24.3 Å². The molecular formula is C3H9ClN4O. The van der Waals surface area contributed by atoms with E-state index >= 15 is 0 Å². The van der Waals surface area contributed by atoms with Gasteiger partial charge >= 0.3 is 0 Å². The zero-order valence-electron chi connectivity index (χ0n) is 4.92. The first kappa shape index (κ1) is 10.9. The highest BCUT2D eigenvalue weighted by Crippen LogP contribution is 1.57. The van der Waals surface area contributed by atoms with Gasteiger partial charge in [0.05, 0.1) is 0 Å². The monoisotopic (exact) mass is 152 g/mol. The van der Waals surface area contributed by atoms with Crippen LogP contribution in [0.25, 0.3) is 0 Å². The van der Waals surface area contributed by atoms with Crippen molar-refractivity contribution in [2.24, 2.45) is 16.6 Å². The number of carbonyl (C=O) groups is 1. The predicted octanol–water partition coefficient (Wildman–Crippen LogP) is -1.27. The molecule has 5 nitrogen and oxygen atoms in total. The number of nitrogens with zero attached hydrogens (tertiary/aromatic N) is 1. The van der Waals surface area contributed by atoms with E-state index in [1.165, 1.54) is 6.92 Å². The Morgan fingerprint density at radius 1 is 1.56 bits per heavy atom. The number of hydrogen-bond acceptors (Lipinski definition) is 2. The van der Waals surface area contributed by atoms with E-state index in [0.717, 1.165) is 0 Å². The van der Waals surface area contributed by atoms with Gasteiger partial charge < -0.3 is 11.5 Å². The Kier molecular flexibility index (Phi) is 6.27. The molecular weight excluding hydrogens is 144 g/mol. The molecule has 5 N–H and O–H groups in total. The maximum atomic E-state index is 10.0. The summed E-state index contributed by atoms with van der Waals surface area (Å²) in [5.41, 5.74) is 11.8. The van der Waals surface area contributed by atoms with Crippen molar-refractivity contribution in [1.82, 2.24) is 5.43 Å². The molecule has 0 unspecified atom stereocenters. The number of hydrogen-bond donors (Lipinski definition) is 3. The van der Waals surface area contributed by atoms with Crippen molar-refractivity contribution in [3.63, 3.8) is 0 Å². The van der Waals surface area contributed by atoms with Gasteiger partial charge in [-0.05, 0) is 0 Å². The third-order valence-electron chi connectivity index (χ3n) is 0.342. The number of nitrogens with two attached hydrogens (primary N) is 2. The molecule has 0 bridgehead atoms. The van der Waals surface area contributed by atoms with Crippen LogP contribution in [0.2, 0.25) is 0 Å². The normalized spacial score (nSPS) is 6.78. The van der Waals surface area contributed by atoms with Crippen LogP contribution in [-0.2, 0) is 4.79 Å². The summed E-state index contributed by atoms with van der Waals surface area (Å²) in [7, 11) is 0. The van der Waals surface area contributed by atoms with E-state index in [2.05, 4.69) is 5.10 Å². The molecule has 0 radical (unpaired) electrons. The summed E-state index contributed by atoms with van der Waals surface area (Å²) in [5.74, 6) is -0.446. The van der Waals surface area contributed by atoms with E-state index in [1.54, 1.807) is 0 Å². The Bertz CT molecular complexity index is 119. The minimum atomic E-state index is -0.293. The summed E-state index contributed by atoms with van der Waals surface area (Å²) in [6.45, 7) is 1.31. The fourth-order valence-corrected chi connectivity index (χ4v) is 0.143. The first-order chi connectivity index (χ1) is 3.63. The lowest BCUT2D eigenvalue weighted by molar-refractivity contribution is -0.118. The average molecular weight is 153 g/mol. The maximum Gasteiger partial charge on any atom is 0.237 e. The Hall–Kier alpha value is -0.970. The summed E-state index contributed by atoms with van der Waals surface area (Å²) in [4.78, 5) is 10.0. The van der Waals surface area contributed by atoms with Crippen molar-refractivity contribution in [3.8, 4) is 0 Å². The van der Waals surface area contributed by atoms with Crippen molar-refractivity contribution in [2.75, 3.05) is 0 Å². The zero-order chi connectivity index (χ0) is 6.57. The van der Waals surface area contributed by atoms with Gasteiger partial charge in [-0.2, -0.15) is 0 Å². The molecule has 0 spiro atoms. The van der Waals surface area contributed by atoms with Crippen LogP contribution in [0.3, 0.4) is 0 Å². The molecule has 0 aliphatic heterocycles. The molecule has 0 aromatic heterocycles. The lowest BCUT2D eigenvalue weighted by atomic mass is 10.8. The van der Waals surface area contributed by atoms with Gasteiger partial charge in [0.1, 0.15) is 0 Å². The Labute approximate surface area is 58.9 Å². The van der Waals surface area contributed by atoms with Crippen LogP contribution in [0.5, 0.6) is 0 Å². The summed E-state index contributed by atoms with van der Waals surface area (Å²) >= 11 is 0. The maximum absolute atomic E-state index is 10.0. The molecule has 0 aliphatic rings. The third-order valence-corrected chi connectivity index (χ3v) is 0.342. The highest BCUT2D eigenvalue weighted by molar-refractivity contribution is 5.85. The second-order valence-electron chi connectivity index (χ2n) is 1.20. The molecule has 0 rings (SSSR count). The molecule has 54 valence electrons. The molecule has 0 aliphatic carbocycles. The lowest BCUT2D eigenvalue weighted by Crippen LogP contribution is -2.27. The van der Waals surface area contributed by atoms with Gasteiger partial charge in [-0.25, -0.2) is 5.43 Å². The summed E-state index contributed by atoms with van der Waals surface area (Å²) in [6, 6.07) is 0. The third kappa shape index (κ3) is 11.0. The molecule has 6 heteroatoms. The van der Waals surface area contributed by atoms with Gasteiger partial charge in [0.25, 0.3) is 0 Å². The molecule has 0 aromatic rings. The van der Waals surface area contributed by atoms with E-state index < -0.39 is 0 Å². The number of nitrogens with one attached hydrogen (secondary N) is 1. The van der Waals surface area contributed by atoms with Crippen LogP contribution in [0.1, 0.15) is 6.92 Å². The predicted molar refractivity (Wildman–Crippen MR) is 36.9 cm³/mol. The summed E-state index contributed by atoms with van der Waals surface area (Å²) < 4.78 is 0. The number of carbonyl (C=O) groups excluding carboxylic acids is 1. The van der Waals surface area contributed by atoms with Crippen LogP contribution >= 0.6 is 12.4 Å². The van der Waals surface area contributed by atoms with E-state index in [0.29, 0.717) is 0 Å². The number of rotatable bonds is 1. The average Bonchev–Trinajstić information content (AvgIpc) is 1.61. The Morgan fingerprint density at radius 3 is 2.11 bits per heavy atom. The first-order valence-electron chi connectivity index (χ1n) is 1.98. The van der Waals surface area contributed by atoms with Gasteiger partial charge in [0.15, 0.2) is 0 Å². The lowest BCUT2D eigenvalue weighted by Gasteiger charge is -1.90. The van der Waals surface area contributed by atoms with E-state index in [9.17, 15) is 4.79 Å². The zero-order valence-corrected chi connectivity index (χ0v) is 5.73. The van der Waals surface area contributed by atoms with Crippen LogP contribution in [-0.4, -0.2) is 11.9 Å². The second kappa shape index (κ2) is 5.17. The quantitative estimate of drug-likeness (QED) is 0.249. The van der Waals surface area contributed by atoms with E-state index in [4.69, 9.17) is 11.5 Å². The minimum Gasteiger partial charge on any atom is -0.369 e. The molecule has 0 heterocycles. The molecule has 9 heavy (non-hydrogen) atoms. The second-order valence-corrected chi connectivity index (χ2v) is 1.20. The highest BCUT2D eigenvalue weighted by atomic mass is 35.5. The van der Waals surface area contributed by atoms with Crippen molar-refractivity contribution < 1.29 is 4.79 Å². The number of amides is 1. The molecule has 0 aromatic carbocycles. The smallest absolute Gasteiger partial charge is 0.237 e. The fraction of sp³-hybridized carbons (Fsp3) is 0.333. The first-order valence-corrected chi connectivity index (χ1v) is 1.98.